The number of amides is 2. The molecule has 3 heterocycles. The summed E-state index contributed by atoms with van der Waals surface area (Å²) in [7, 11) is 3.58. The van der Waals surface area contributed by atoms with Gasteiger partial charge in [0.05, 0.1) is 19.3 Å². The highest BCUT2D eigenvalue weighted by Gasteiger charge is 2.34. The summed E-state index contributed by atoms with van der Waals surface area (Å²) in [5, 5.41) is 7.14. The third-order valence-electron chi connectivity index (χ3n) is 5.04. The molecular weight excluding hydrogens is 339 g/mol. The Morgan fingerprint density at radius 1 is 1.50 bits per heavy atom. The highest BCUT2D eigenvalue weighted by atomic mass is 19.1. The third kappa shape index (κ3) is 4.59. The highest BCUT2D eigenvalue weighted by Crippen LogP contribution is 2.23. The Morgan fingerprint density at radius 2 is 2.31 bits per heavy atom. The molecule has 8 nitrogen and oxygen atoms in total. The molecule has 2 amide bonds. The van der Waals surface area contributed by atoms with Crippen LogP contribution in [0.25, 0.3) is 0 Å². The number of nitrogens with zero attached hydrogens (tertiary/aromatic N) is 5. The number of aryl methyl sites for hydroxylation is 1. The zero-order valence-corrected chi connectivity index (χ0v) is 15.4. The Bertz CT molecular complexity index is 651. The van der Waals surface area contributed by atoms with Crippen LogP contribution in [0, 0.1) is 0 Å². The summed E-state index contributed by atoms with van der Waals surface area (Å²) >= 11 is 0. The van der Waals surface area contributed by atoms with E-state index in [2.05, 4.69) is 15.3 Å². The second-order valence-electron chi connectivity index (χ2n) is 7.20. The first-order valence-electron chi connectivity index (χ1n) is 9.00. The van der Waals surface area contributed by atoms with Crippen molar-refractivity contribution in [1.82, 2.24) is 29.8 Å². The van der Waals surface area contributed by atoms with Gasteiger partial charge in [0.25, 0.3) is 0 Å². The molecule has 2 atom stereocenters. The molecule has 0 radical (unpaired) electrons. The van der Waals surface area contributed by atoms with E-state index < -0.39 is 6.17 Å². The summed E-state index contributed by atoms with van der Waals surface area (Å²) in [4.78, 5) is 29.6. The molecule has 0 unspecified atom stereocenters. The molecule has 1 aromatic rings. The number of nitrogens with one attached hydrogen (secondary N) is 1. The molecule has 0 bridgehead atoms. The number of hydrogen-bond donors (Lipinski definition) is 1. The van der Waals surface area contributed by atoms with Crippen molar-refractivity contribution in [3.63, 3.8) is 0 Å². The topological polar surface area (TPSA) is 73.7 Å². The van der Waals surface area contributed by atoms with E-state index in [1.165, 1.54) is 0 Å². The van der Waals surface area contributed by atoms with Crippen LogP contribution in [0.2, 0.25) is 0 Å². The zero-order chi connectivity index (χ0) is 18.7. The standard InChI is InChI=1S/C17H27FN6O2/c1-21(17(26)12-23-4-3-19-7-16(23)25)11-15-5-14(18)10-24(15)9-13-6-20-22(2)8-13/h6,8,14-15,19H,3-5,7,9-12H2,1-2H3/t14-,15-/m0/s1. The summed E-state index contributed by atoms with van der Waals surface area (Å²) in [6.45, 7) is 3.07. The zero-order valence-electron chi connectivity index (χ0n) is 15.4. The second kappa shape index (κ2) is 8.13. The maximum absolute atomic E-state index is 14.0. The molecule has 0 aromatic carbocycles. The first-order chi connectivity index (χ1) is 12.4. The molecule has 0 aliphatic carbocycles. The highest BCUT2D eigenvalue weighted by molar-refractivity contribution is 5.86. The number of rotatable bonds is 6. The van der Waals surface area contributed by atoms with Gasteiger partial charge in [-0.1, -0.05) is 0 Å². The molecule has 0 spiro atoms. The number of carbonyl (C=O) groups excluding carboxylic acids is 2. The Kier molecular flexibility index (Phi) is 5.87. The van der Waals surface area contributed by atoms with E-state index in [-0.39, 0.29) is 30.9 Å². The number of aromatic nitrogens is 2. The Balaban J connectivity index is 1.54. The van der Waals surface area contributed by atoms with E-state index in [1.807, 2.05) is 13.2 Å². The average Bonchev–Trinajstić information content (AvgIpc) is 3.15. The van der Waals surface area contributed by atoms with Crippen LogP contribution in [-0.4, -0.2) is 94.8 Å². The molecule has 0 saturated carbocycles. The van der Waals surface area contributed by atoms with E-state index in [4.69, 9.17) is 0 Å². The number of likely N-dealkylation sites (N-methyl/N-ethyl adjacent to an activating group) is 1. The molecule has 1 N–H and O–H groups in total. The van der Waals surface area contributed by atoms with Gasteiger partial charge in [0.2, 0.25) is 11.8 Å². The largest absolute Gasteiger partial charge is 0.343 e. The lowest BCUT2D eigenvalue weighted by atomic mass is 10.2. The van der Waals surface area contributed by atoms with Gasteiger partial charge < -0.3 is 15.1 Å². The van der Waals surface area contributed by atoms with Crippen LogP contribution in [0.3, 0.4) is 0 Å². The summed E-state index contributed by atoms with van der Waals surface area (Å²) < 4.78 is 15.7. The van der Waals surface area contributed by atoms with Crippen molar-refractivity contribution in [2.75, 3.05) is 46.3 Å². The van der Waals surface area contributed by atoms with Crippen molar-refractivity contribution < 1.29 is 14.0 Å². The minimum absolute atomic E-state index is 0.0297. The molecule has 26 heavy (non-hydrogen) atoms. The monoisotopic (exact) mass is 366 g/mol. The fourth-order valence-electron chi connectivity index (χ4n) is 3.61. The van der Waals surface area contributed by atoms with Crippen LogP contribution < -0.4 is 5.32 Å². The van der Waals surface area contributed by atoms with Crippen LogP contribution in [-0.2, 0) is 23.2 Å². The lowest BCUT2D eigenvalue weighted by molar-refractivity contribution is -0.140. The van der Waals surface area contributed by atoms with Gasteiger partial charge in [0.15, 0.2) is 0 Å². The van der Waals surface area contributed by atoms with Gasteiger partial charge >= 0.3 is 0 Å². The smallest absolute Gasteiger partial charge is 0.241 e. The van der Waals surface area contributed by atoms with Crippen molar-refractivity contribution >= 4 is 11.8 Å². The van der Waals surface area contributed by atoms with Gasteiger partial charge in [-0.05, 0) is 6.42 Å². The number of alkyl halides is 1. The average molecular weight is 366 g/mol. The van der Waals surface area contributed by atoms with Gasteiger partial charge in [-0.15, -0.1) is 0 Å². The number of halogens is 1. The quantitative estimate of drug-likeness (QED) is 0.715. The van der Waals surface area contributed by atoms with Crippen molar-refractivity contribution in [1.29, 1.82) is 0 Å². The molecule has 1 aromatic heterocycles. The number of likely N-dealkylation sites (tertiary alicyclic amines) is 1. The fourth-order valence-corrected chi connectivity index (χ4v) is 3.61. The normalized spacial score (nSPS) is 24.3. The van der Waals surface area contributed by atoms with Crippen molar-refractivity contribution in [3.8, 4) is 0 Å². The molecular formula is C17H27FN6O2. The van der Waals surface area contributed by atoms with E-state index in [9.17, 15) is 14.0 Å². The van der Waals surface area contributed by atoms with Gasteiger partial charge in [-0.25, -0.2) is 4.39 Å². The maximum Gasteiger partial charge on any atom is 0.241 e. The van der Waals surface area contributed by atoms with Gasteiger partial charge in [-0.2, -0.15) is 5.10 Å². The maximum atomic E-state index is 14.0. The summed E-state index contributed by atoms with van der Waals surface area (Å²) in [5.41, 5.74) is 1.03. The van der Waals surface area contributed by atoms with E-state index >= 15 is 0 Å². The first kappa shape index (κ1) is 18.8. The van der Waals surface area contributed by atoms with Crippen molar-refractivity contribution in [2.45, 2.75) is 25.2 Å². The fraction of sp³-hybridized carbons (Fsp3) is 0.706. The van der Waals surface area contributed by atoms with Crippen molar-refractivity contribution in [2.24, 2.45) is 7.05 Å². The SMILES string of the molecule is CN(C[C@@H]1C[C@H](F)CN1Cc1cnn(C)c1)C(=O)CN1CCNCC1=O. The Hall–Kier alpha value is -2.00. The number of hydrogen-bond acceptors (Lipinski definition) is 5. The van der Waals surface area contributed by atoms with Crippen LogP contribution in [0.15, 0.2) is 12.4 Å². The summed E-state index contributed by atoms with van der Waals surface area (Å²) in [6, 6.07) is -0.0297. The molecule has 2 aliphatic heterocycles. The van der Waals surface area contributed by atoms with E-state index in [0.29, 0.717) is 39.1 Å². The van der Waals surface area contributed by atoms with Crippen LogP contribution in [0.1, 0.15) is 12.0 Å². The molecule has 2 aliphatic rings. The second-order valence-corrected chi connectivity index (χ2v) is 7.20. The van der Waals surface area contributed by atoms with E-state index in [0.717, 1.165) is 5.56 Å². The van der Waals surface area contributed by atoms with Crippen LogP contribution >= 0.6 is 0 Å². The first-order valence-corrected chi connectivity index (χ1v) is 9.00. The predicted octanol–water partition coefficient (Wildman–Crippen LogP) is -0.777. The molecule has 2 fully saturated rings. The number of carbonyl (C=O) groups is 2. The lowest BCUT2D eigenvalue weighted by Gasteiger charge is -2.31. The van der Waals surface area contributed by atoms with Crippen LogP contribution in [0.5, 0.6) is 0 Å². The summed E-state index contributed by atoms with van der Waals surface area (Å²) in [6.07, 6.45) is 3.25. The molecule has 144 valence electrons. The summed E-state index contributed by atoms with van der Waals surface area (Å²) in [5.74, 6) is -0.162. The van der Waals surface area contributed by atoms with Gasteiger partial charge in [0.1, 0.15) is 6.17 Å². The van der Waals surface area contributed by atoms with E-state index in [1.54, 1.807) is 27.7 Å². The number of piperazine rings is 1. The van der Waals surface area contributed by atoms with Gasteiger partial charge in [-0.3, -0.25) is 19.2 Å². The van der Waals surface area contributed by atoms with Gasteiger partial charge in [0, 0.05) is 64.6 Å². The molecule has 3 rings (SSSR count). The Labute approximate surface area is 152 Å². The molecule has 9 heteroatoms. The van der Waals surface area contributed by atoms with Crippen LogP contribution in [0.4, 0.5) is 4.39 Å². The predicted molar refractivity (Wildman–Crippen MR) is 94.0 cm³/mol. The minimum Gasteiger partial charge on any atom is -0.343 e. The molecule has 2 saturated heterocycles. The van der Waals surface area contributed by atoms with Crippen molar-refractivity contribution in [3.05, 3.63) is 18.0 Å². The Morgan fingerprint density at radius 3 is 3.00 bits per heavy atom. The minimum atomic E-state index is -0.880. The lowest BCUT2D eigenvalue weighted by Crippen LogP contribution is -2.52. The third-order valence-corrected chi connectivity index (χ3v) is 5.04.